The molecule has 6 heteroatoms. The van der Waals surface area contributed by atoms with Crippen molar-refractivity contribution >= 4 is 17.8 Å². The largest absolute Gasteiger partial charge is 0.478 e. The molecule has 2 amide bonds. The third-order valence-electron chi connectivity index (χ3n) is 4.42. The van der Waals surface area contributed by atoms with Gasteiger partial charge in [0.2, 0.25) is 5.91 Å². The standard InChI is InChI=1S/C19H26N2O4/c1-19(2,3)18(25)20-11-13-5-4-10-21(12-13)16(22)14-6-8-15(9-7-14)17(23)24/h6-9,13H,4-5,10-12H2,1-3H3,(H,20,25)(H,23,24). The summed E-state index contributed by atoms with van der Waals surface area (Å²) in [5.74, 6) is -0.849. The van der Waals surface area contributed by atoms with Crippen molar-refractivity contribution in [1.29, 1.82) is 0 Å². The zero-order chi connectivity index (χ0) is 18.6. The average Bonchev–Trinajstić information content (AvgIpc) is 2.58. The highest BCUT2D eigenvalue weighted by molar-refractivity contribution is 5.96. The van der Waals surface area contributed by atoms with Gasteiger partial charge >= 0.3 is 5.97 Å². The molecule has 1 aliphatic heterocycles. The summed E-state index contributed by atoms with van der Waals surface area (Å²) in [6, 6.07) is 5.99. The van der Waals surface area contributed by atoms with Gasteiger partial charge < -0.3 is 15.3 Å². The molecular formula is C19H26N2O4. The van der Waals surface area contributed by atoms with Crippen molar-refractivity contribution in [3.05, 3.63) is 35.4 Å². The van der Waals surface area contributed by atoms with Crippen LogP contribution >= 0.6 is 0 Å². The van der Waals surface area contributed by atoms with E-state index in [1.807, 2.05) is 20.8 Å². The van der Waals surface area contributed by atoms with Gasteiger partial charge in [0.25, 0.3) is 5.91 Å². The highest BCUT2D eigenvalue weighted by Crippen LogP contribution is 2.19. The summed E-state index contributed by atoms with van der Waals surface area (Å²) >= 11 is 0. The van der Waals surface area contributed by atoms with E-state index in [1.54, 1.807) is 17.0 Å². The van der Waals surface area contributed by atoms with Gasteiger partial charge in [-0.3, -0.25) is 9.59 Å². The molecule has 2 N–H and O–H groups in total. The van der Waals surface area contributed by atoms with Crippen molar-refractivity contribution in [1.82, 2.24) is 10.2 Å². The number of piperidine rings is 1. The van der Waals surface area contributed by atoms with Crippen LogP contribution in [0.3, 0.4) is 0 Å². The van der Waals surface area contributed by atoms with E-state index in [9.17, 15) is 14.4 Å². The number of nitrogens with zero attached hydrogens (tertiary/aromatic N) is 1. The van der Waals surface area contributed by atoms with Crippen LogP contribution in [0.5, 0.6) is 0 Å². The molecule has 0 spiro atoms. The lowest BCUT2D eigenvalue weighted by atomic mass is 9.93. The number of hydrogen-bond donors (Lipinski definition) is 2. The topological polar surface area (TPSA) is 86.7 Å². The van der Waals surface area contributed by atoms with Crippen LogP contribution in [0.25, 0.3) is 0 Å². The molecule has 0 radical (unpaired) electrons. The number of carbonyl (C=O) groups is 3. The normalized spacial score (nSPS) is 17.9. The lowest BCUT2D eigenvalue weighted by molar-refractivity contribution is -0.128. The first-order valence-corrected chi connectivity index (χ1v) is 8.59. The number of likely N-dealkylation sites (tertiary alicyclic amines) is 1. The number of rotatable bonds is 4. The van der Waals surface area contributed by atoms with Gasteiger partial charge in [0.1, 0.15) is 0 Å². The highest BCUT2D eigenvalue weighted by Gasteiger charge is 2.27. The Balaban J connectivity index is 1.94. The molecule has 136 valence electrons. The van der Waals surface area contributed by atoms with Crippen LogP contribution in [0.15, 0.2) is 24.3 Å². The Labute approximate surface area is 148 Å². The van der Waals surface area contributed by atoms with Gasteiger partial charge in [-0.25, -0.2) is 4.79 Å². The smallest absolute Gasteiger partial charge is 0.335 e. The van der Waals surface area contributed by atoms with Gasteiger partial charge in [-0.15, -0.1) is 0 Å². The molecule has 1 heterocycles. The molecule has 1 saturated heterocycles. The molecule has 1 atom stereocenters. The number of carboxylic acid groups (broad SMARTS) is 1. The first-order chi connectivity index (χ1) is 11.7. The van der Waals surface area contributed by atoms with Crippen LogP contribution in [-0.4, -0.2) is 47.4 Å². The summed E-state index contributed by atoms with van der Waals surface area (Å²) in [7, 11) is 0. The Morgan fingerprint density at radius 1 is 1.16 bits per heavy atom. The van der Waals surface area contributed by atoms with E-state index in [-0.39, 0.29) is 23.3 Å². The van der Waals surface area contributed by atoms with E-state index in [0.717, 1.165) is 12.8 Å². The van der Waals surface area contributed by atoms with E-state index in [4.69, 9.17) is 5.11 Å². The second-order valence-electron chi connectivity index (χ2n) is 7.60. The Hall–Kier alpha value is -2.37. The minimum Gasteiger partial charge on any atom is -0.478 e. The molecular weight excluding hydrogens is 320 g/mol. The van der Waals surface area contributed by atoms with Crippen LogP contribution < -0.4 is 5.32 Å². The summed E-state index contributed by atoms with van der Waals surface area (Å²) < 4.78 is 0. The van der Waals surface area contributed by atoms with Crippen LogP contribution in [0, 0.1) is 11.3 Å². The average molecular weight is 346 g/mol. The van der Waals surface area contributed by atoms with Crippen molar-refractivity contribution < 1.29 is 19.5 Å². The van der Waals surface area contributed by atoms with Gasteiger partial charge in [-0.1, -0.05) is 20.8 Å². The van der Waals surface area contributed by atoms with Crippen molar-refractivity contribution in [2.75, 3.05) is 19.6 Å². The number of nitrogens with one attached hydrogen (secondary N) is 1. The van der Waals surface area contributed by atoms with E-state index in [0.29, 0.717) is 25.2 Å². The van der Waals surface area contributed by atoms with Crippen LogP contribution in [0.4, 0.5) is 0 Å². The Kier molecular flexibility index (Phi) is 5.82. The number of benzene rings is 1. The summed E-state index contributed by atoms with van der Waals surface area (Å²) in [6.45, 7) is 7.48. The molecule has 1 aromatic carbocycles. The van der Waals surface area contributed by atoms with Crippen LogP contribution in [0.2, 0.25) is 0 Å². The van der Waals surface area contributed by atoms with Crippen LogP contribution in [0.1, 0.15) is 54.3 Å². The summed E-state index contributed by atoms with van der Waals surface area (Å²) in [6.07, 6.45) is 1.88. The van der Waals surface area contributed by atoms with E-state index in [1.165, 1.54) is 12.1 Å². The second-order valence-corrected chi connectivity index (χ2v) is 7.60. The Bertz CT molecular complexity index is 646. The molecule has 1 aliphatic rings. The third-order valence-corrected chi connectivity index (χ3v) is 4.42. The fraction of sp³-hybridized carbons (Fsp3) is 0.526. The van der Waals surface area contributed by atoms with Gasteiger partial charge in [0.05, 0.1) is 5.56 Å². The minimum absolute atomic E-state index is 0.0141. The molecule has 0 bridgehead atoms. The predicted octanol–water partition coefficient (Wildman–Crippen LogP) is 2.40. The molecule has 1 aromatic rings. The fourth-order valence-corrected chi connectivity index (χ4v) is 2.86. The maximum atomic E-state index is 12.6. The van der Waals surface area contributed by atoms with Gasteiger partial charge in [0, 0.05) is 30.6 Å². The highest BCUT2D eigenvalue weighted by atomic mass is 16.4. The lowest BCUT2D eigenvalue weighted by Crippen LogP contribution is -2.45. The quantitative estimate of drug-likeness (QED) is 0.876. The molecule has 0 aromatic heterocycles. The number of carboxylic acids is 1. The van der Waals surface area contributed by atoms with Crippen molar-refractivity contribution in [3.8, 4) is 0 Å². The molecule has 1 unspecified atom stereocenters. The minimum atomic E-state index is -1.01. The molecule has 0 saturated carbocycles. The number of amides is 2. The fourth-order valence-electron chi connectivity index (χ4n) is 2.86. The Morgan fingerprint density at radius 2 is 1.76 bits per heavy atom. The van der Waals surface area contributed by atoms with Gasteiger partial charge in [-0.2, -0.15) is 0 Å². The van der Waals surface area contributed by atoms with Crippen molar-refractivity contribution in [3.63, 3.8) is 0 Å². The zero-order valence-corrected chi connectivity index (χ0v) is 15.0. The van der Waals surface area contributed by atoms with Crippen molar-refractivity contribution in [2.45, 2.75) is 33.6 Å². The summed E-state index contributed by atoms with van der Waals surface area (Å²) in [4.78, 5) is 37.3. The molecule has 1 fully saturated rings. The molecule has 0 aliphatic carbocycles. The summed E-state index contributed by atoms with van der Waals surface area (Å²) in [5, 5.41) is 11.9. The maximum absolute atomic E-state index is 12.6. The number of aromatic carboxylic acids is 1. The summed E-state index contributed by atoms with van der Waals surface area (Å²) in [5.41, 5.74) is 0.234. The monoisotopic (exact) mass is 346 g/mol. The van der Waals surface area contributed by atoms with E-state index < -0.39 is 11.4 Å². The maximum Gasteiger partial charge on any atom is 0.335 e. The molecule has 2 rings (SSSR count). The third kappa shape index (κ3) is 5.05. The second kappa shape index (κ2) is 7.68. The predicted molar refractivity (Wildman–Crippen MR) is 94.5 cm³/mol. The lowest BCUT2D eigenvalue weighted by Gasteiger charge is -2.33. The first kappa shape index (κ1) is 19.0. The van der Waals surface area contributed by atoms with Crippen molar-refractivity contribution in [2.24, 2.45) is 11.3 Å². The van der Waals surface area contributed by atoms with Gasteiger partial charge in [-0.05, 0) is 43.0 Å². The van der Waals surface area contributed by atoms with Crippen LogP contribution in [-0.2, 0) is 4.79 Å². The van der Waals surface area contributed by atoms with E-state index >= 15 is 0 Å². The van der Waals surface area contributed by atoms with Gasteiger partial charge in [0.15, 0.2) is 0 Å². The SMILES string of the molecule is CC(C)(C)C(=O)NCC1CCCN(C(=O)c2ccc(C(=O)O)cc2)C1. The number of carbonyl (C=O) groups excluding carboxylic acids is 2. The molecule has 6 nitrogen and oxygen atoms in total. The Morgan fingerprint density at radius 3 is 2.32 bits per heavy atom. The zero-order valence-electron chi connectivity index (χ0n) is 15.0. The number of hydrogen-bond acceptors (Lipinski definition) is 3. The van der Waals surface area contributed by atoms with E-state index in [2.05, 4.69) is 5.32 Å². The molecule has 25 heavy (non-hydrogen) atoms. The first-order valence-electron chi connectivity index (χ1n) is 8.59.